The van der Waals surface area contributed by atoms with Gasteiger partial charge < -0.3 is 5.32 Å². The fourth-order valence-corrected chi connectivity index (χ4v) is 3.07. The average Bonchev–Trinajstić information content (AvgIpc) is 3.03. The first-order valence-electron chi connectivity index (χ1n) is 7.66. The van der Waals surface area contributed by atoms with Crippen molar-refractivity contribution in [1.29, 1.82) is 0 Å². The van der Waals surface area contributed by atoms with Gasteiger partial charge in [-0.15, -0.1) is 0 Å². The van der Waals surface area contributed by atoms with E-state index in [1.54, 1.807) is 6.20 Å². The number of hydrogen-bond acceptors (Lipinski definition) is 3. The largest absolute Gasteiger partial charge is 0.320 e. The van der Waals surface area contributed by atoms with E-state index in [-0.39, 0.29) is 5.91 Å². The summed E-state index contributed by atoms with van der Waals surface area (Å²) in [6.45, 7) is 3.99. The van der Waals surface area contributed by atoms with Gasteiger partial charge in [-0.05, 0) is 49.4 Å². The van der Waals surface area contributed by atoms with E-state index in [0.717, 1.165) is 27.7 Å². The van der Waals surface area contributed by atoms with Crippen LogP contribution in [0.2, 0.25) is 0 Å². The molecule has 24 heavy (non-hydrogen) atoms. The van der Waals surface area contributed by atoms with Crippen LogP contribution in [-0.4, -0.2) is 21.7 Å². The zero-order valence-electron chi connectivity index (χ0n) is 13.9. The minimum Gasteiger partial charge on any atom is -0.320 e. The van der Waals surface area contributed by atoms with Crippen molar-refractivity contribution in [1.82, 2.24) is 9.55 Å². The molecule has 3 rings (SSSR count). The molecular formula is C19H19N3OS. The number of nitrogens with zero attached hydrogens (tertiary/aromatic N) is 2. The van der Waals surface area contributed by atoms with Crippen LogP contribution in [0.5, 0.6) is 0 Å². The molecule has 4 nitrogen and oxygen atoms in total. The van der Waals surface area contributed by atoms with Crippen molar-refractivity contribution >= 4 is 23.4 Å². The molecule has 0 saturated carbocycles. The Labute approximate surface area is 145 Å². The van der Waals surface area contributed by atoms with Gasteiger partial charge in [0.2, 0.25) is 0 Å². The molecule has 0 saturated heterocycles. The number of aryl methyl sites for hydroxylation is 2. The molecule has 0 spiro atoms. The number of carbonyl (C=O) groups is 1. The Morgan fingerprint density at radius 3 is 2.58 bits per heavy atom. The summed E-state index contributed by atoms with van der Waals surface area (Å²) in [4.78, 5) is 17.2. The Hall–Kier alpha value is -2.53. The highest BCUT2D eigenvalue weighted by Gasteiger charge is 2.18. The highest BCUT2D eigenvalue weighted by atomic mass is 32.2. The zero-order valence-corrected chi connectivity index (χ0v) is 14.7. The number of aromatic nitrogens is 2. The number of rotatable bonds is 4. The van der Waals surface area contributed by atoms with Gasteiger partial charge in [0.15, 0.2) is 5.16 Å². The van der Waals surface area contributed by atoms with Crippen LogP contribution < -0.4 is 5.32 Å². The first-order valence-corrected chi connectivity index (χ1v) is 8.88. The molecule has 0 atom stereocenters. The van der Waals surface area contributed by atoms with E-state index in [1.165, 1.54) is 11.8 Å². The highest BCUT2D eigenvalue weighted by molar-refractivity contribution is 7.98. The first kappa shape index (κ1) is 16.3. The predicted molar refractivity (Wildman–Crippen MR) is 99.2 cm³/mol. The van der Waals surface area contributed by atoms with Gasteiger partial charge in [0, 0.05) is 11.4 Å². The third-order valence-corrected chi connectivity index (χ3v) is 4.45. The number of benzene rings is 2. The lowest BCUT2D eigenvalue weighted by Crippen LogP contribution is -2.17. The molecule has 0 aliphatic carbocycles. The van der Waals surface area contributed by atoms with E-state index in [2.05, 4.69) is 10.3 Å². The maximum atomic E-state index is 12.8. The number of carbonyl (C=O) groups excluding carboxylic acids is 1. The molecule has 3 aromatic rings. The third-order valence-electron chi connectivity index (χ3n) is 3.80. The van der Waals surface area contributed by atoms with Crippen LogP contribution in [0, 0.1) is 13.8 Å². The van der Waals surface area contributed by atoms with Crippen molar-refractivity contribution < 1.29 is 4.79 Å². The zero-order chi connectivity index (χ0) is 17.1. The summed E-state index contributed by atoms with van der Waals surface area (Å²) >= 11 is 1.51. The van der Waals surface area contributed by atoms with Crippen molar-refractivity contribution in [2.75, 3.05) is 11.6 Å². The van der Waals surface area contributed by atoms with Gasteiger partial charge in [-0.25, -0.2) is 4.98 Å². The summed E-state index contributed by atoms with van der Waals surface area (Å²) in [7, 11) is 0. The van der Waals surface area contributed by atoms with Crippen LogP contribution in [0.3, 0.4) is 0 Å². The number of imidazole rings is 1. The van der Waals surface area contributed by atoms with Gasteiger partial charge >= 0.3 is 0 Å². The first-order chi connectivity index (χ1) is 11.6. The Morgan fingerprint density at radius 1 is 1.12 bits per heavy atom. The molecule has 0 bridgehead atoms. The third kappa shape index (κ3) is 3.21. The Balaban J connectivity index is 1.99. The second-order valence-corrected chi connectivity index (χ2v) is 6.35. The van der Waals surface area contributed by atoms with E-state index in [0.29, 0.717) is 5.69 Å². The van der Waals surface area contributed by atoms with Crippen molar-refractivity contribution in [2.45, 2.75) is 19.0 Å². The summed E-state index contributed by atoms with van der Waals surface area (Å²) in [5.74, 6) is -0.166. The summed E-state index contributed by atoms with van der Waals surface area (Å²) < 4.78 is 1.88. The van der Waals surface area contributed by atoms with Gasteiger partial charge in [0.25, 0.3) is 5.91 Å². The average molecular weight is 337 g/mol. The molecule has 1 amide bonds. The molecule has 0 aliphatic heterocycles. The maximum absolute atomic E-state index is 12.8. The smallest absolute Gasteiger partial charge is 0.274 e. The van der Waals surface area contributed by atoms with Crippen molar-refractivity contribution in [3.05, 3.63) is 71.5 Å². The number of para-hydroxylation sites is 1. The molecule has 1 heterocycles. The normalized spacial score (nSPS) is 10.6. The van der Waals surface area contributed by atoms with E-state index in [1.807, 2.05) is 73.2 Å². The fraction of sp³-hybridized carbons (Fsp3) is 0.158. The maximum Gasteiger partial charge on any atom is 0.274 e. The molecule has 0 radical (unpaired) electrons. The van der Waals surface area contributed by atoms with Crippen LogP contribution in [0.15, 0.2) is 59.9 Å². The second kappa shape index (κ2) is 6.93. The van der Waals surface area contributed by atoms with Crippen LogP contribution in [-0.2, 0) is 0 Å². The summed E-state index contributed by atoms with van der Waals surface area (Å²) in [5, 5.41) is 3.79. The Bertz CT molecular complexity index is 872. The molecule has 0 fully saturated rings. The molecule has 5 heteroatoms. The predicted octanol–water partition coefficient (Wildman–Crippen LogP) is 4.46. The van der Waals surface area contributed by atoms with Gasteiger partial charge in [-0.3, -0.25) is 9.36 Å². The van der Waals surface area contributed by atoms with E-state index in [4.69, 9.17) is 0 Å². The molecule has 0 aliphatic rings. The fourth-order valence-electron chi connectivity index (χ4n) is 2.52. The van der Waals surface area contributed by atoms with E-state index < -0.39 is 0 Å². The lowest BCUT2D eigenvalue weighted by molar-refractivity contribution is 0.102. The Kier molecular flexibility index (Phi) is 4.71. The lowest BCUT2D eigenvalue weighted by atomic mass is 10.1. The molecular weight excluding hydrogens is 318 g/mol. The minimum absolute atomic E-state index is 0.166. The monoisotopic (exact) mass is 337 g/mol. The van der Waals surface area contributed by atoms with Crippen molar-refractivity contribution in [3.8, 4) is 5.69 Å². The number of nitrogens with one attached hydrogen (secondary N) is 1. The summed E-state index contributed by atoms with van der Waals surface area (Å²) in [5.41, 5.74) is 4.41. The van der Waals surface area contributed by atoms with Crippen LogP contribution in [0.25, 0.3) is 5.69 Å². The van der Waals surface area contributed by atoms with Gasteiger partial charge in [-0.1, -0.05) is 42.1 Å². The summed E-state index contributed by atoms with van der Waals surface area (Å²) in [6.07, 6.45) is 3.58. The SMILES string of the molecule is CSc1ncc(C(=O)Nc2cc(C)ccc2C)n1-c1ccccc1. The second-order valence-electron chi connectivity index (χ2n) is 5.57. The standard InChI is InChI=1S/C19H19N3OS/c1-13-9-10-14(2)16(11-13)21-18(23)17-12-20-19(24-3)22(17)15-7-5-4-6-8-15/h4-12H,1-3H3,(H,21,23). The minimum atomic E-state index is -0.166. The van der Waals surface area contributed by atoms with Crippen LogP contribution >= 0.6 is 11.8 Å². The van der Waals surface area contributed by atoms with E-state index in [9.17, 15) is 4.79 Å². The van der Waals surface area contributed by atoms with Crippen molar-refractivity contribution in [3.63, 3.8) is 0 Å². The Morgan fingerprint density at radius 2 is 1.88 bits per heavy atom. The van der Waals surface area contributed by atoms with Crippen LogP contribution in [0.4, 0.5) is 5.69 Å². The molecule has 2 aromatic carbocycles. The molecule has 1 aromatic heterocycles. The number of thioether (sulfide) groups is 1. The van der Waals surface area contributed by atoms with Gasteiger partial charge in [-0.2, -0.15) is 0 Å². The van der Waals surface area contributed by atoms with E-state index >= 15 is 0 Å². The lowest BCUT2D eigenvalue weighted by Gasteiger charge is -2.12. The highest BCUT2D eigenvalue weighted by Crippen LogP contribution is 2.23. The molecule has 1 N–H and O–H groups in total. The quantitative estimate of drug-likeness (QED) is 0.715. The van der Waals surface area contributed by atoms with Gasteiger partial charge in [0.05, 0.1) is 6.20 Å². The molecule has 0 unspecified atom stereocenters. The van der Waals surface area contributed by atoms with Crippen molar-refractivity contribution in [2.24, 2.45) is 0 Å². The van der Waals surface area contributed by atoms with Crippen LogP contribution in [0.1, 0.15) is 21.6 Å². The molecule has 122 valence electrons. The summed E-state index contributed by atoms with van der Waals surface area (Å²) in [6, 6.07) is 15.8. The number of anilines is 1. The number of hydrogen-bond donors (Lipinski definition) is 1. The topological polar surface area (TPSA) is 46.9 Å². The number of amides is 1. The van der Waals surface area contributed by atoms with Gasteiger partial charge in [0.1, 0.15) is 5.69 Å².